The molecule has 0 fully saturated rings. The quantitative estimate of drug-likeness (QED) is 0.543. The molecule has 0 spiro atoms. The summed E-state index contributed by atoms with van der Waals surface area (Å²) >= 11 is 0. The second-order valence-electron chi connectivity index (χ2n) is 5.38. The van der Waals surface area contributed by atoms with Crippen LogP contribution in [0.2, 0.25) is 0 Å². The Balaban J connectivity index is 2.12. The van der Waals surface area contributed by atoms with Gasteiger partial charge in [-0.1, -0.05) is 0 Å². The largest absolute Gasteiger partial charge is 0.423 e. The third-order valence-electron chi connectivity index (χ3n) is 3.74. The van der Waals surface area contributed by atoms with Crippen LogP contribution in [-0.4, -0.2) is 53.4 Å². The van der Waals surface area contributed by atoms with Gasteiger partial charge < -0.3 is 29.8 Å². The molecule has 23 heavy (non-hydrogen) atoms. The molecule has 0 radical (unpaired) electrons. The minimum Gasteiger partial charge on any atom is -0.423 e. The number of hydrogen-bond donors (Lipinski definition) is 4. The van der Waals surface area contributed by atoms with Gasteiger partial charge in [0, 0.05) is 30.3 Å². The molecular weight excluding hydrogens is 302 g/mol. The number of fused-ring (bicyclic) bond motifs is 1. The van der Waals surface area contributed by atoms with Gasteiger partial charge in [-0.3, -0.25) is 0 Å². The smallest absolute Gasteiger partial charge is 0.336 e. The van der Waals surface area contributed by atoms with Crippen molar-refractivity contribution in [3.05, 3.63) is 40.8 Å². The highest BCUT2D eigenvalue weighted by molar-refractivity contribution is 5.80. The minimum absolute atomic E-state index is 0.400. The van der Waals surface area contributed by atoms with Crippen LogP contribution in [0.25, 0.3) is 11.0 Å². The van der Waals surface area contributed by atoms with E-state index >= 15 is 0 Å². The second-order valence-corrected chi connectivity index (χ2v) is 5.38. The maximum absolute atomic E-state index is 11.3. The van der Waals surface area contributed by atoms with Crippen molar-refractivity contribution in [1.82, 2.24) is 0 Å². The molecule has 0 saturated carbocycles. The average Bonchev–Trinajstić information content (AvgIpc) is 2.54. The van der Waals surface area contributed by atoms with Crippen molar-refractivity contribution in [1.29, 1.82) is 0 Å². The summed E-state index contributed by atoms with van der Waals surface area (Å²) in [4.78, 5) is 11.3. The first-order chi connectivity index (χ1) is 11.0. The lowest BCUT2D eigenvalue weighted by molar-refractivity contribution is -0.0953. The molecule has 1 heterocycles. The van der Waals surface area contributed by atoms with Crippen LogP contribution in [0, 0.1) is 0 Å². The Hall–Kier alpha value is -1.93. The molecule has 0 aliphatic carbocycles. The number of benzene rings is 1. The van der Waals surface area contributed by atoms with Crippen molar-refractivity contribution in [2.45, 2.75) is 31.3 Å². The molecule has 0 aliphatic rings. The van der Waals surface area contributed by atoms with Gasteiger partial charge in [0.25, 0.3) is 0 Å². The standard InChI is InChI=1S/C16H21NO6/c1-9(15(20)16(21)13(8-18)22-2)17-11-5-3-10-4-6-14(19)23-12(10)7-11/h3-7,9,13,15-18,20-21H,8H2,1-2H3. The zero-order valence-corrected chi connectivity index (χ0v) is 13.0. The first-order valence-corrected chi connectivity index (χ1v) is 7.26. The molecule has 0 bridgehead atoms. The summed E-state index contributed by atoms with van der Waals surface area (Å²) < 4.78 is 10.0. The molecule has 7 nitrogen and oxygen atoms in total. The number of aliphatic hydroxyl groups excluding tert-OH is 3. The van der Waals surface area contributed by atoms with E-state index in [2.05, 4.69) is 5.32 Å². The summed E-state index contributed by atoms with van der Waals surface area (Å²) in [5, 5.41) is 33.1. The lowest BCUT2D eigenvalue weighted by Crippen LogP contribution is -2.48. The fraction of sp³-hybridized carbons (Fsp3) is 0.438. The maximum Gasteiger partial charge on any atom is 0.336 e. The van der Waals surface area contributed by atoms with Crippen LogP contribution in [-0.2, 0) is 4.74 Å². The van der Waals surface area contributed by atoms with Gasteiger partial charge in [-0.05, 0) is 25.1 Å². The fourth-order valence-corrected chi connectivity index (χ4v) is 2.34. The predicted molar refractivity (Wildman–Crippen MR) is 85.5 cm³/mol. The van der Waals surface area contributed by atoms with E-state index in [0.29, 0.717) is 11.3 Å². The van der Waals surface area contributed by atoms with Crippen molar-refractivity contribution in [2.75, 3.05) is 19.0 Å². The van der Waals surface area contributed by atoms with E-state index in [1.165, 1.54) is 13.2 Å². The third-order valence-corrected chi connectivity index (χ3v) is 3.74. The van der Waals surface area contributed by atoms with Crippen LogP contribution in [0.1, 0.15) is 6.92 Å². The van der Waals surface area contributed by atoms with E-state index in [1.807, 2.05) is 0 Å². The topological polar surface area (TPSA) is 112 Å². The number of hydrogen-bond acceptors (Lipinski definition) is 7. The van der Waals surface area contributed by atoms with Crippen LogP contribution in [0.15, 0.2) is 39.5 Å². The normalized spacial score (nSPS) is 16.7. The summed E-state index contributed by atoms with van der Waals surface area (Å²) in [6, 6.07) is 7.68. The zero-order chi connectivity index (χ0) is 17.0. The SMILES string of the molecule is COC(CO)C(O)C(O)C(C)Nc1ccc2ccc(=O)oc2c1. The molecule has 0 saturated heterocycles. The van der Waals surface area contributed by atoms with Crippen LogP contribution in [0.4, 0.5) is 5.69 Å². The first-order valence-electron chi connectivity index (χ1n) is 7.26. The number of nitrogens with one attached hydrogen (secondary N) is 1. The number of ether oxygens (including phenoxy) is 1. The third kappa shape index (κ3) is 4.08. The van der Waals surface area contributed by atoms with Crippen LogP contribution in [0.5, 0.6) is 0 Å². The van der Waals surface area contributed by atoms with E-state index < -0.39 is 36.6 Å². The number of rotatable bonds is 7. The van der Waals surface area contributed by atoms with E-state index in [-0.39, 0.29) is 0 Å². The molecule has 4 unspecified atom stereocenters. The lowest BCUT2D eigenvalue weighted by Gasteiger charge is -2.29. The first kappa shape index (κ1) is 17.4. The molecule has 126 valence electrons. The number of anilines is 1. The molecule has 1 aromatic heterocycles. The predicted octanol–water partition coefficient (Wildman–Crippen LogP) is 0.322. The lowest BCUT2D eigenvalue weighted by atomic mass is 10.0. The molecule has 0 aliphatic heterocycles. The number of aliphatic hydroxyl groups is 3. The van der Waals surface area contributed by atoms with E-state index in [4.69, 9.17) is 14.3 Å². The summed E-state index contributed by atoms with van der Waals surface area (Å²) in [6.45, 7) is 1.28. The Morgan fingerprint density at radius 2 is 1.91 bits per heavy atom. The van der Waals surface area contributed by atoms with Gasteiger partial charge in [0.05, 0.1) is 12.6 Å². The van der Waals surface area contributed by atoms with Crippen LogP contribution < -0.4 is 10.9 Å². The van der Waals surface area contributed by atoms with E-state index in [0.717, 1.165) is 5.39 Å². The molecule has 1 aromatic carbocycles. The van der Waals surface area contributed by atoms with Crippen molar-refractivity contribution in [2.24, 2.45) is 0 Å². The molecule has 4 N–H and O–H groups in total. The zero-order valence-electron chi connectivity index (χ0n) is 13.0. The van der Waals surface area contributed by atoms with Gasteiger partial charge in [0.1, 0.15) is 23.9 Å². The average molecular weight is 323 g/mol. The summed E-state index contributed by atoms with van der Waals surface area (Å²) in [7, 11) is 1.35. The van der Waals surface area contributed by atoms with Gasteiger partial charge in [0.2, 0.25) is 0 Å². The minimum atomic E-state index is -1.24. The highest BCUT2D eigenvalue weighted by Gasteiger charge is 2.29. The Labute approximate surface area is 133 Å². The molecule has 0 amide bonds. The van der Waals surface area contributed by atoms with Gasteiger partial charge in [-0.15, -0.1) is 0 Å². The van der Waals surface area contributed by atoms with Crippen molar-refractivity contribution in [3.63, 3.8) is 0 Å². The van der Waals surface area contributed by atoms with E-state index in [1.54, 1.807) is 31.2 Å². The van der Waals surface area contributed by atoms with Gasteiger partial charge in [-0.25, -0.2) is 4.79 Å². The monoisotopic (exact) mass is 323 g/mol. The summed E-state index contributed by atoms with van der Waals surface area (Å²) in [5.41, 5.74) is 0.613. The Morgan fingerprint density at radius 3 is 2.57 bits per heavy atom. The molecule has 4 atom stereocenters. The van der Waals surface area contributed by atoms with Crippen molar-refractivity contribution in [3.8, 4) is 0 Å². The molecule has 2 aromatic rings. The van der Waals surface area contributed by atoms with Crippen LogP contribution in [0.3, 0.4) is 0 Å². The van der Waals surface area contributed by atoms with Gasteiger partial charge in [-0.2, -0.15) is 0 Å². The Bertz CT molecular complexity index is 696. The van der Waals surface area contributed by atoms with Crippen LogP contribution >= 0.6 is 0 Å². The van der Waals surface area contributed by atoms with Crippen molar-refractivity contribution < 1.29 is 24.5 Å². The van der Waals surface area contributed by atoms with Gasteiger partial charge >= 0.3 is 5.63 Å². The second kappa shape index (κ2) is 7.56. The fourth-order valence-electron chi connectivity index (χ4n) is 2.34. The Morgan fingerprint density at radius 1 is 1.22 bits per heavy atom. The summed E-state index contributed by atoms with van der Waals surface area (Å²) in [6.07, 6.45) is -3.28. The Kier molecular flexibility index (Phi) is 5.73. The molecule has 2 rings (SSSR count). The van der Waals surface area contributed by atoms with Gasteiger partial charge in [0.15, 0.2) is 0 Å². The molecule has 7 heteroatoms. The number of methoxy groups -OCH3 is 1. The van der Waals surface area contributed by atoms with Crippen molar-refractivity contribution >= 4 is 16.7 Å². The van der Waals surface area contributed by atoms with E-state index in [9.17, 15) is 15.0 Å². The highest BCUT2D eigenvalue weighted by Crippen LogP contribution is 2.19. The summed E-state index contributed by atoms with van der Waals surface area (Å²) in [5.74, 6) is 0. The maximum atomic E-state index is 11.3. The highest BCUT2D eigenvalue weighted by atomic mass is 16.5. The molecular formula is C16H21NO6.